The number of halogens is 3. The Bertz CT molecular complexity index is 1770. The Labute approximate surface area is 292 Å². The first-order chi connectivity index (χ1) is 22.6. The number of nitriles is 1. The third-order valence-corrected chi connectivity index (χ3v) is 8.75. The molecule has 0 bridgehead atoms. The SMILES string of the molecule is Cc1c(COc2cc(OCc3cncc(C#N)c3)c(CNC(C)(CO)C(=O)O)cc2Cl)cccc1-c1cccc(OCCCBr)c1Cl. The second kappa shape index (κ2) is 16.8. The number of aliphatic hydroxyl groups is 1. The van der Waals surface area contributed by atoms with Crippen molar-refractivity contribution < 1.29 is 29.2 Å². The van der Waals surface area contributed by atoms with E-state index in [1.54, 1.807) is 24.4 Å². The van der Waals surface area contributed by atoms with E-state index < -0.39 is 18.1 Å². The van der Waals surface area contributed by atoms with Crippen molar-refractivity contribution in [3.63, 3.8) is 0 Å². The normalized spacial score (nSPS) is 12.2. The van der Waals surface area contributed by atoms with Gasteiger partial charge in [-0.3, -0.25) is 15.1 Å². The predicted octanol–water partition coefficient (Wildman–Crippen LogP) is 7.48. The first kappa shape index (κ1) is 36.0. The van der Waals surface area contributed by atoms with Crippen molar-refractivity contribution in [3.8, 4) is 34.4 Å². The summed E-state index contributed by atoms with van der Waals surface area (Å²) in [5.41, 5.74) is 3.68. The lowest BCUT2D eigenvalue weighted by Crippen LogP contribution is -2.52. The summed E-state index contributed by atoms with van der Waals surface area (Å²) >= 11 is 16.9. The molecule has 4 rings (SSSR count). The predicted molar refractivity (Wildman–Crippen MR) is 185 cm³/mol. The summed E-state index contributed by atoms with van der Waals surface area (Å²) in [6.07, 6.45) is 3.90. The number of nitrogens with zero attached hydrogens (tertiary/aromatic N) is 2. The molecule has 1 aromatic heterocycles. The van der Waals surface area contributed by atoms with Crippen molar-refractivity contribution in [2.24, 2.45) is 0 Å². The van der Waals surface area contributed by atoms with E-state index in [4.69, 9.17) is 37.4 Å². The number of aromatic nitrogens is 1. The Balaban J connectivity index is 1.60. The largest absolute Gasteiger partial charge is 0.492 e. The summed E-state index contributed by atoms with van der Waals surface area (Å²) in [7, 11) is 0. The zero-order valence-corrected chi connectivity index (χ0v) is 29.0. The maximum absolute atomic E-state index is 11.8. The topological polar surface area (TPSA) is 134 Å². The average Bonchev–Trinajstić information content (AvgIpc) is 3.07. The van der Waals surface area contributed by atoms with Crippen molar-refractivity contribution in [1.29, 1.82) is 5.26 Å². The minimum absolute atomic E-state index is 0.0238. The van der Waals surface area contributed by atoms with Crippen LogP contribution < -0.4 is 19.5 Å². The van der Waals surface area contributed by atoms with E-state index in [1.807, 2.05) is 43.3 Å². The van der Waals surface area contributed by atoms with Crippen LogP contribution in [0.4, 0.5) is 0 Å². The van der Waals surface area contributed by atoms with Crippen molar-refractivity contribution in [2.45, 2.75) is 45.6 Å². The molecule has 3 N–H and O–H groups in total. The van der Waals surface area contributed by atoms with Gasteiger partial charge < -0.3 is 24.4 Å². The Morgan fingerprint density at radius 3 is 2.47 bits per heavy atom. The van der Waals surface area contributed by atoms with Gasteiger partial charge in [-0.25, -0.2) is 0 Å². The lowest BCUT2D eigenvalue weighted by molar-refractivity contribution is -0.145. The van der Waals surface area contributed by atoms with E-state index >= 15 is 0 Å². The lowest BCUT2D eigenvalue weighted by Gasteiger charge is -2.25. The first-order valence-electron chi connectivity index (χ1n) is 14.7. The molecule has 9 nitrogen and oxygen atoms in total. The number of hydrogen-bond donors (Lipinski definition) is 3. The smallest absolute Gasteiger partial charge is 0.326 e. The van der Waals surface area contributed by atoms with Crippen LogP contribution in [0, 0.1) is 18.3 Å². The third kappa shape index (κ3) is 9.15. The Morgan fingerprint density at radius 1 is 1.00 bits per heavy atom. The van der Waals surface area contributed by atoms with Crippen LogP contribution in [0.25, 0.3) is 11.1 Å². The fraction of sp³-hybridized carbons (Fsp3) is 0.286. The van der Waals surface area contributed by atoms with Gasteiger partial charge in [-0.1, -0.05) is 69.5 Å². The van der Waals surface area contributed by atoms with Crippen molar-refractivity contribution in [2.75, 3.05) is 18.5 Å². The number of carboxylic acids is 1. The highest BCUT2D eigenvalue weighted by Gasteiger charge is 2.32. The van der Waals surface area contributed by atoms with Crippen LogP contribution in [0.1, 0.15) is 41.2 Å². The molecule has 0 aliphatic heterocycles. The molecule has 0 fully saturated rings. The molecule has 0 aliphatic carbocycles. The summed E-state index contributed by atoms with van der Waals surface area (Å²) in [5, 5.41) is 33.1. The van der Waals surface area contributed by atoms with Crippen LogP contribution in [-0.4, -0.2) is 45.2 Å². The Morgan fingerprint density at radius 2 is 1.74 bits per heavy atom. The summed E-state index contributed by atoms with van der Waals surface area (Å²) < 4.78 is 18.2. The first-order valence-corrected chi connectivity index (χ1v) is 16.6. The van der Waals surface area contributed by atoms with E-state index in [2.05, 4.69) is 32.3 Å². The van der Waals surface area contributed by atoms with Crippen LogP contribution >= 0.6 is 39.1 Å². The van der Waals surface area contributed by atoms with Gasteiger partial charge in [-0.2, -0.15) is 5.26 Å². The molecular formula is C35H34BrCl2N3O6. The van der Waals surface area contributed by atoms with E-state index in [1.165, 1.54) is 13.1 Å². The number of pyridine rings is 1. The number of rotatable bonds is 16. The molecule has 1 unspecified atom stereocenters. The molecule has 0 saturated carbocycles. The number of aliphatic carboxylic acids is 1. The van der Waals surface area contributed by atoms with Crippen molar-refractivity contribution >= 4 is 45.1 Å². The number of carbonyl (C=O) groups is 1. The zero-order valence-electron chi connectivity index (χ0n) is 25.9. The van der Waals surface area contributed by atoms with Gasteiger partial charge in [0.15, 0.2) is 0 Å². The highest BCUT2D eigenvalue weighted by molar-refractivity contribution is 9.09. The standard InChI is InChI=1S/C35H34BrCl2N3O6/c1-22-25(6-3-7-27(22)28-8-4-9-30(33(28)38)45-11-5-10-36)20-47-32-14-31(46-19-24-12-23(15-39)16-40-17-24)26(13-29(32)37)18-41-35(2,21-42)34(43)44/h3-4,6-9,12-14,16-17,41-42H,5,10-11,18-21H2,1-2H3,(H,43,44). The molecule has 246 valence electrons. The summed E-state index contributed by atoms with van der Waals surface area (Å²) in [4.78, 5) is 15.8. The summed E-state index contributed by atoms with van der Waals surface area (Å²) in [6, 6.07) is 18.6. The molecule has 12 heteroatoms. The van der Waals surface area contributed by atoms with Gasteiger partial charge in [0.05, 0.1) is 28.8 Å². The highest BCUT2D eigenvalue weighted by atomic mass is 79.9. The van der Waals surface area contributed by atoms with Crippen LogP contribution in [0.2, 0.25) is 10.0 Å². The van der Waals surface area contributed by atoms with Crippen molar-refractivity contribution in [1.82, 2.24) is 10.3 Å². The number of ether oxygens (including phenoxy) is 3. The molecular weight excluding hydrogens is 709 g/mol. The molecule has 3 aromatic carbocycles. The van der Waals surface area contributed by atoms with E-state index in [0.717, 1.165) is 34.0 Å². The maximum atomic E-state index is 11.8. The number of alkyl halides is 1. The minimum atomic E-state index is -1.59. The quantitative estimate of drug-likeness (QED) is 0.0789. The Kier molecular flexibility index (Phi) is 12.9. The average molecular weight is 743 g/mol. The molecule has 0 aliphatic rings. The number of carboxylic acid groups (broad SMARTS) is 1. The van der Waals surface area contributed by atoms with E-state index in [0.29, 0.717) is 45.6 Å². The number of benzene rings is 3. The number of nitrogens with one attached hydrogen (secondary N) is 1. The minimum Gasteiger partial charge on any atom is -0.492 e. The molecule has 1 heterocycles. The monoisotopic (exact) mass is 741 g/mol. The number of hydrogen-bond acceptors (Lipinski definition) is 8. The zero-order chi connectivity index (χ0) is 34.0. The van der Waals surface area contributed by atoms with Gasteiger partial charge in [0.25, 0.3) is 0 Å². The van der Waals surface area contributed by atoms with Gasteiger partial charge >= 0.3 is 5.97 Å². The molecule has 0 amide bonds. The fourth-order valence-electron chi connectivity index (χ4n) is 4.59. The molecule has 0 saturated heterocycles. The summed E-state index contributed by atoms with van der Waals surface area (Å²) in [6.45, 7) is 3.59. The molecule has 4 aromatic rings. The van der Waals surface area contributed by atoms with Gasteiger partial charge in [-0.05, 0) is 55.2 Å². The van der Waals surface area contributed by atoms with Gasteiger partial charge in [-0.15, -0.1) is 0 Å². The van der Waals surface area contributed by atoms with Crippen molar-refractivity contribution in [3.05, 3.63) is 105 Å². The van der Waals surface area contributed by atoms with Crippen LogP contribution in [-0.2, 0) is 24.6 Å². The molecule has 47 heavy (non-hydrogen) atoms. The molecule has 0 spiro atoms. The van der Waals surface area contributed by atoms with Crippen LogP contribution in [0.5, 0.6) is 17.2 Å². The molecule has 1 atom stereocenters. The van der Waals surface area contributed by atoms with Gasteiger partial charge in [0.2, 0.25) is 0 Å². The second-order valence-electron chi connectivity index (χ2n) is 10.9. The number of aliphatic hydroxyl groups excluding tert-OH is 1. The van der Waals surface area contributed by atoms with Gasteiger partial charge in [0.1, 0.15) is 42.1 Å². The van der Waals surface area contributed by atoms with E-state index in [9.17, 15) is 20.3 Å². The van der Waals surface area contributed by atoms with Gasteiger partial charge in [0, 0.05) is 47.0 Å². The maximum Gasteiger partial charge on any atom is 0.326 e. The van der Waals surface area contributed by atoms with Crippen LogP contribution in [0.3, 0.4) is 0 Å². The second-order valence-corrected chi connectivity index (χ2v) is 12.5. The van der Waals surface area contributed by atoms with Crippen LogP contribution in [0.15, 0.2) is 67.0 Å². The van der Waals surface area contributed by atoms with E-state index in [-0.39, 0.29) is 24.8 Å². The summed E-state index contributed by atoms with van der Waals surface area (Å²) in [5.74, 6) is 0.139. The fourth-order valence-corrected chi connectivity index (χ4v) is 5.34. The lowest BCUT2D eigenvalue weighted by atomic mass is 9.96. The third-order valence-electron chi connectivity index (χ3n) is 7.51. The molecule has 0 radical (unpaired) electrons. The highest BCUT2D eigenvalue weighted by Crippen LogP contribution is 2.38. The Hall–Kier alpha value is -3.85.